The molecular weight excluding hydrogens is 282 g/mol. The van der Waals surface area contributed by atoms with E-state index in [1.807, 2.05) is 25.8 Å². The maximum Gasteiger partial charge on any atom is 0.242 e. The third-order valence-electron chi connectivity index (χ3n) is 4.53. The number of likely N-dealkylation sites (N-methyl/N-ethyl adjacent to an activating group) is 1. The average Bonchev–Trinajstić information content (AvgIpc) is 2.85. The van der Waals surface area contributed by atoms with Crippen molar-refractivity contribution in [2.75, 3.05) is 20.1 Å². The molecule has 0 saturated carbocycles. The Morgan fingerprint density at radius 2 is 2.05 bits per heavy atom. The van der Waals surface area contributed by atoms with Crippen LogP contribution in [0.3, 0.4) is 0 Å². The minimum atomic E-state index is -0.512. The number of nitrogens with two attached hydrogens (primary N) is 1. The van der Waals surface area contributed by atoms with Crippen LogP contribution < -0.4 is 5.73 Å². The zero-order valence-electron chi connectivity index (χ0n) is 13.7. The molecule has 2 heterocycles. The predicted molar refractivity (Wildman–Crippen MR) is 88.5 cm³/mol. The van der Waals surface area contributed by atoms with Gasteiger partial charge in [-0.2, -0.15) is 0 Å². The molecule has 4 nitrogen and oxygen atoms in total. The molecule has 2 N–H and O–H groups in total. The summed E-state index contributed by atoms with van der Waals surface area (Å²) in [6.45, 7) is 9.89. The van der Waals surface area contributed by atoms with Gasteiger partial charge in [0.1, 0.15) is 0 Å². The predicted octanol–water partition coefficient (Wildman–Crippen LogP) is 2.39. The van der Waals surface area contributed by atoms with Crippen molar-refractivity contribution >= 4 is 17.2 Å². The van der Waals surface area contributed by atoms with E-state index < -0.39 is 5.54 Å². The first-order chi connectivity index (χ1) is 9.78. The van der Waals surface area contributed by atoms with Crippen LogP contribution >= 0.6 is 11.3 Å². The zero-order valence-corrected chi connectivity index (χ0v) is 14.5. The SMILES string of the molecule is CCC(N)C(c1ccc(C)s1)N1CCN(C)C(=O)C1(C)C. The highest BCUT2D eigenvalue weighted by Gasteiger charge is 2.45. The van der Waals surface area contributed by atoms with E-state index >= 15 is 0 Å². The van der Waals surface area contributed by atoms with Crippen molar-refractivity contribution in [3.8, 4) is 0 Å². The number of hydrogen-bond acceptors (Lipinski definition) is 4. The molecule has 1 aliphatic heterocycles. The highest BCUT2D eigenvalue weighted by molar-refractivity contribution is 7.12. The van der Waals surface area contributed by atoms with Crippen LogP contribution in [-0.4, -0.2) is 47.4 Å². The minimum absolute atomic E-state index is 0.0403. The molecule has 0 aliphatic carbocycles. The highest BCUT2D eigenvalue weighted by atomic mass is 32.1. The van der Waals surface area contributed by atoms with Gasteiger partial charge in [-0.3, -0.25) is 9.69 Å². The van der Waals surface area contributed by atoms with E-state index in [0.29, 0.717) is 0 Å². The zero-order chi connectivity index (χ0) is 15.8. The number of hydrogen-bond donors (Lipinski definition) is 1. The molecule has 2 unspecified atom stereocenters. The van der Waals surface area contributed by atoms with Gasteiger partial charge in [-0.1, -0.05) is 6.92 Å². The average molecular weight is 309 g/mol. The van der Waals surface area contributed by atoms with Crippen molar-refractivity contribution in [1.29, 1.82) is 0 Å². The Bertz CT molecular complexity index is 511. The van der Waals surface area contributed by atoms with Gasteiger partial charge in [0.25, 0.3) is 0 Å². The first kappa shape index (κ1) is 16.5. The van der Waals surface area contributed by atoms with Gasteiger partial charge in [-0.15, -0.1) is 11.3 Å². The lowest BCUT2D eigenvalue weighted by Gasteiger charge is -2.49. The molecule has 0 aromatic carbocycles. The molecular formula is C16H27N3OS. The summed E-state index contributed by atoms with van der Waals surface area (Å²) in [5.74, 6) is 0.176. The molecule has 1 fully saturated rings. The Balaban J connectivity index is 2.39. The molecule has 0 radical (unpaired) electrons. The lowest BCUT2D eigenvalue weighted by Crippen LogP contribution is -2.64. The summed E-state index contributed by atoms with van der Waals surface area (Å²) in [6, 6.07) is 4.46. The molecule has 2 atom stereocenters. The van der Waals surface area contributed by atoms with Crippen molar-refractivity contribution in [2.24, 2.45) is 5.73 Å². The number of rotatable bonds is 4. The fraction of sp³-hybridized carbons (Fsp3) is 0.688. The highest BCUT2D eigenvalue weighted by Crippen LogP contribution is 2.37. The van der Waals surface area contributed by atoms with Crippen LogP contribution in [0.1, 0.15) is 43.0 Å². The molecule has 0 bridgehead atoms. The Kier molecular flexibility index (Phi) is 4.76. The lowest BCUT2D eigenvalue weighted by molar-refractivity contribution is -0.150. The summed E-state index contributed by atoms with van der Waals surface area (Å²) >= 11 is 1.79. The van der Waals surface area contributed by atoms with Gasteiger partial charge >= 0.3 is 0 Å². The molecule has 0 spiro atoms. The fourth-order valence-corrected chi connectivity index (χ4v) is 4.21. The summed E-state index contributed by atoms with van der Waals surface area (Å²) in [6.07, 6.45) is 0.901. The molecule has 1 amide bonds. The van der Waals surface area contributed by atoms with Gasteiger partial charge < -0.3 is 10.6 Å². The molecule has 2 rings (SSSR count). The summed E-state index contributed by atoms with van der Waals surface area (Å²) < 4.78 is 0. The summed E-state index contributed by atoms with van der Waals surface area (Å²) in [7, 11) is 1.88. The topological polar surface area (TPSA) is 49.6 Å². The third-order valence-corrected chi connectivity index (χ3v) is 5.60. The van der Waals surface area contributed by atoms with Crippen molar-refractivity contribution in [3.05, 3.63) is 21.9 Å². The standard InChI is InChI=1S/C16H27N3OS/c1-6-12(17)14(13-8-7-11(2)21-13)19-10-9-18(5)15(20)16(19,3)4/h7-8,12,14H,6,9-10,17H2,1-5H3. The summed E-state index contributed by atoms with van der Waals surface area (Å²) in [5, 5.41) is 0. The fourth-order valence-electron chi connectivity index (χ4n) is 3.15. The second-order valence-corrected chi connectivity index (χ2v) is 7.76. The van der Waals surface area contributed by atoms with E-state index in [0.717, 1.165) is 19.5 Å². The molecule has 1 saturated heterocycles. The number of amides is 1. The van der Waals surface area contributed by atoms with Crippen LogP contribution in [-0.2, 0) is 4.79 Å². The van der Waals surface area contributed by atoms with Gasteiger partial charge in [0, 0.05) is 35.9 Å². The van der Waals surface area contributed by atoms with Crippen LogP contribution in [0.2, 0.25) is 0 Å². The molecule has 5 heteroatoms. The van der Waals surface area contributed by atoms with Crippen LogP contribution in [0.15, 0.2) is 12.1 Å². The van der Waals surface area contributed by atoms with Crippen LogP contribution in [0, 0.1) is 6.92 Å². The largest absolute Gasteiger partial charge is 0.343 e. The number of carbonyl (C=O) groups excluding carboxylic acids is 1. The van der Waals surface area contributed by atoms with Crippen molar-refractivity contribution < 1.29 is 4.79 Å². The monoisotopic (exact) mass is 309 g/mol. The lowest BCUT2D eigenvalue weighted by atomic mass is 9.91. The van der Waals surface area contributed by atoms with E-state index in [1.165, 1.54) is 9.75 Å². The Morgan fingerprint density at radius 1 is 1.38 bits per heavy atom. The molecule has 118 valence electrons. The van der Waals surface area contributed by atoms with Crippen molar-refractivity contribution in [1.82, 2.24) is 9.80 Å². The van der Waals surface area contributed by atoms with E-state index in [-0.39, 0.29) is 18.0 Å². The van der Waals surface area contributed by atoms with Crippen LogP contribution in [0.5, 0.6) is 0 Å². The second kappa shape index (κ2) is 6.07. The number of aryl methyl sites for hydroxylation is 1. The normalized spacial score (nSPS) is 22.4. The molecule has 1 aromatic rings. The van der Waals surface area contributed by atoms with Crippen LogP contribution in [0.4, 0.5) is 0 Å². The molecule has 21 heavy (non-hydrogen) atoms. The quantitative estimate of drug-likeness (QED) is 0.929. The third kappa shape index (κ3) is 3.00. The number of thiophene rings is 1. The van der Waals surface area contributed by atoms with E-state index in [9.17, 15) is 4.79 Å². The van der Waals surface area contributed by atoms with Gasteiger partial charge in [0.15, 0.2) is 0 Å². The van der Waals surface area contributed by atoms with Gasteiger partial charge in [0.2, 0.25) is 5.91 Å². The van der Waals surface area contributed by atoms with E-state index in [2.05, 4.69) is 30.9 Å². The summed E-state index contributed by atoms with van der Waals surface area (Å²) in [5.41, 5.74) is 5.92. The maximum absolute atomic E-state index is 12.6. The smallest absolute Gasteiger partial charge is 0.242 e. The maximum atomic E-state index is 12.6. The van der Waals surface area contributed by atoms with Crippen molar-refractivity contribution in [3.63, 3.8) is 0 Å². The second-order valence-electron chi connectivity index (χ2n) is 6.44. The summed E-state index contributed by atoms with van der Waals surface area (Å²) in [4.78, 5) is 19.2. The number of nitrogens with zero attached hydrogens (tertiary/aromatic N) is 2. The van der Waals surface area contributed by atoms with E-state index in [4.69, 9.17) is 5.73 Å². The Hall–Kier alpha value is -0.910. The molecule has 1 aliphatic rings. The van der Waals surface area contributed by atoms with Gasteiger partial charge in [0.05, 0.1) is 11.6 Å². The van der Waals surface area contributed by atoms with Crippen molar-refractivity contribution in [2.45, 2.75) is 51.7 Å². The van der Waals surface area contributed by atoms with E-state index in [1.54, 1.807) is 11.3 Å². The van der Waals surface area contributed by atoms with Crippen LogP contribution in [0.25, 0.3) is 0 Å². The number of piperazine rings is 1. The van der Waals surface area contributed by atoms with Gasteiger partial charge in [-0.25, -0.2) is 0 Å². The van der Waals surface area contributed by atoms with Gasteiger partial charge in [-0.05, 0) is 39.3 Å². The Morgan fingerprint density at radius 3 is 2.57 bits per heavy atom. The Labute approximate surface area is 131 Å². The number of carbonyl (C=O) groups is 1. The molecule has 1 aromatic heterocycles. The minimum Gasteiger partial charge on any atom is -0.343 e. The first-order valence-electron chi connectivity index (χ1n) is 7.63. The first-order valence-corrected chi connectivity index (χ1v) is 8.45.